The molecule has 0 aromatic heterocycles. The highest BCUT2D eigenvalue weighted by molar-refractivity contribution is 7.96. The number of hydrogen-bond acceptors (Lipinski definition) is 1. The monoisotopic (exact) mass is 250 g/mol. The van der Waals surface area contributed by atoms with Crippen molar-refractivity contribution in [1.82, 2.24) is 0 Å². The number of halogens is 1. The Kier molecular flexibility index (Phi) is 11.0. The van der Waals surface area contributed by atoms with Gasteiger partial charge in [-0.25, -0.2) is 0 Å². The molecule has 0 aliphatic carbocycles. The minimum atomic E-state index is -0.0991. The van der Waals surface area contributed by atoms with E-state index < -0.39 is 0 Å². The molecule has 1 unspecified atom stereocenters. The van der Waals surface area contributed by atoms with Crippen LogP contribution in [0.5, 0.6) is 0 Å². The van der Waals surface area contributed by atoms with Crippen molar-refractivity contribution in [1.29, 1.82) is 0 Å². The molecule has 1 nitrogen and oxygen atoms in total. The summed E-state index contributed by atoms with van der Waals surface area (Å²) >= 11 is 9.68. The summed E-state index contributed by atoms with van der Waals surface area (Å²) in [6.45, 7) is 2.23. The molecular formula is C12H23ClOS. The van der Waals surface area contributed by atoms with Gasteiger partial charge in [-0.3, -0.25) is 4.79 Å². The lowest BCUT2D eigenvalue weighted by Gasteiger charge is -2.06. The molecule has 0 aromatic carbocycles. The normalized spacial score (nSPS) is 12.7. The summed E-state index contributed by atoms with van der Waals surface area (Å²) in [5.74, 6) is 0. The van der Waals surface area contributed by atoms with Gasteiger partial charge in [0.25, 0.3) is 0 Å². The first-order valence-corrected chi connectivity index (χ1v) is 6.91. The second-order valence-corrected chi connectivity index (χ2v) is 5.22. The predicted molar refractivity (Wildman–Crippen MR) is 70.9 cm³/mol. The first-order chi connectivity index (χ1) is 7.16. The standard InChI is InChI=1S/C12H23ClOS/c1-2-3-4-5-6-7-8-9-11(13)10-12(14)15/h11H,2-10H2,1H3,(H,14,15). The summed E-state index contributed by atoms with van der Waals surface area (Å²) < 4.78 is 0. The van der Waals surface area contributed by atoms with Gasteiger partial charge in [-0.2, -0.15) is 0 Å². The van der Waals surface area contributed by atoms with Crippen LogP contribution in [0.4, 0.5) is 0 Å². The maximum atomic E-state index is 10.6. The van der Waals surface area contributed by atoms with Gasteiger partial charge in [-0.1, -0.05) is 51.9 Å². The van der Waals surface area contributed by atoms with E-state index in [1.807, 2.05) is 0 Å². The van der Waals surface area contributed by atoms with Gasteiger partial charge in [0.05, 0.1) is 0 Å². The van der Waals surface area contributed by atoms with E-state index in [-0.39, 0.29) is 10.5 Å². The van der Waals surface area contributed by atoms with Gasteiger partial charge in [0.15, 0.2) is 5.12 Å². The Labute approximate surface area is 104 Å². The molecule has 0 N–H and O–H groups in total. The molecule has 15 heavy (non-hydrogen) atoms. The fraction of sp³-hybridized carbons (Fsp3) is 0.917. The summed E-state index contributed by atoms with van der Waals surface area (Å²) in [4.78, 5) is 10.6. The Morgan fingerprint density at radius 2 is 1.67 bits per heavy atom. The van der Waals surface area contributed by atoms with Crippen LogP contribution in [0.15, 0.2) is 0 Å². The van der Waals surface area contributed by atoms with E-state index in [0.717, 1.165) is 12.8 Å². The van der Waals surface area contributed by atoms with Gasteiger partial charge < -0.3 is 0 Å². The number of rotatable bonds is 10. The molecule has 0 saturated heterocycles. The molecule has 0 bridgehead atoms. The minimum Gasteiger partial charge on any atom is -0.287 e. The third kappa shape index (κ3) is 12.2. The van der Waals surface area contributed by atoms with Crippen molar-refractivity contribution in [2.24, 2.45) is 0 Å². The average Bonchev–Trinajstić information content (AvgIpc) is 2.15. The van der Waals surface area contributed by atoms with Crippen molar-refractivity contribution in [3.63, 3.8) is 0 Å². The van der Waals surface area contributed by atoms with E-state index >= 15 is 0 Å². The topological polar surface area (TPSA) is 17.1 Å². The second-order valence-electron chi connectivity index (χ2n) is 4.11. The van der Waals surface area contributed by atoms with Crippen molar-refractivity contribution >= 4 is 29.3 Å². The van der Waals surface area contributed by atoms with Crippen LogP contribution in [0.2, 0.25) is 0 Å². The van der Waals surface area contributed by atoms with Gasteiger partial charge in [-0.05, 0) is 6.42 Å². The molecule has 0 aliphatic heterocycles. The van der Waals surface area contributed by atoms with E-state index in [1.165, 1.54) is 38.5 Å². The van der Waals surface area contributed by atoms with Crippen LogP contribution in [0.25, 0.3) is 0 Å². The van der Waals surface area contributed by atoms with Gasteiger partial charge in [0.1, 0.15) is 0 Å². The third-order valence-corrected chi connectivity index (χ3v) is 3.07. The van der Waals surface area contributed by atoms with Crippen molar-refractivity contribution in [2.45, 2.75) is 70.1 Å². The molecule has 0 saturated carbocycles. The summed E-state index contributed by atoms with van der Waals surface area (Å²) in [5, 5.41) is -0.108. The maximum absolute atomic E-state index is 10.6. The van der Waals surface area contributed by atoms with Gasteiger partial charge in [-0.15, -0.1) is 24.2 Å². The van der Waals surface area contributed by atoms with Gasteiger partial charge in [0.2, 0.25) is 0 Å². The minimum absolute atomic E-state index is 0.00866. The van der Waals surface area contributed by atoms with E-state index in [1.54, 1.807) is 0 Å². The Hall–Kier alpha value is 0.310. The predicted octanol–water partition coefficient (Wildman–Crippen LogP) is 4.58. The lowest BCUT2D eigenvalue weighted by Crippen LogP contribution is -2.03. The molecule has 1 atom stereocenters. The quantitative estimate of drug-likeness (QED) is 0.341. The molecule has 0 aromatic rings. The summed E-state index contributed by atoms with van der Waals surface area (Å²) in [6, 6.07) is 0. The van der Waals surface area contributed by atoms with Crippen LogP contribution in [-0.4, -0.2) is 10.5 Å². The fourth-order valence-corrected chi connectivity index (χ4v) is 2.24. The molecule has 0 rings (SSSR count). The molecule has 3 heteroatoms. The smallest absolute Gasteiger partial charge is 0.187 e. The molecule has 90 valence electrons. The van der Waals surface area contributed by atoms with Crippen molar-refractivity contribution in [2.75, 3.05) is 0 Å². The van der Waals surface area contributed by atoms with Gasteiger partial charge in [0, 0.05) is 11.8 Å². The summed E-state index contributed by atoms with van der Waals surface area (Å²) in [5.41, 5.74) is 0. The third-order valence-electron chi connectivity index (χ3n) is 2.52. The van der Waals surface area contributed by atoms with Crippen LogP contribution in [-0.2, 0) is 4.79 Å². The molecule has 0 aliphatic rings. The Balaban J connectivity index is 3.13. The van der Waals surface area contributed by atoms with E-state index in [4.69, 9.17) is 11.6 Å². The van der Waals surface area contributed by atoms with Crippen LogP contribution in [0.3, 0.4) is 0 Å². The number of alkyl halides is 1. The van der Waals surface area contributed by atoms with Crippen molar-refractivity contribution < 1.29 is 4.79 Å². The fourth-order valence-electron chi connectivity index (χ4n) is 1.61. The first-order valence-electron chi connectivity index (χ1n) is 6.02. The Morgan fingerprint density at radius 3 is 2.20 bits per heavy atom. The number of unbranched alkanes of at least 4 members (excludes halogenated alkanes) is 6. The van der Waals surface area contributed by atoms with Crippen LogP contribution in [0.1, 0.15) is 64.7 Å². The van der Waals surface area contributed by atoms with Crippen LogP contribution < -0.4 is 0 Å². The number of hydrogen-bond donors (Lipinski definition) is 1. The lowest BCUT2D eigenvalue weighted by atomic mass is 10.1. The molecule has 0 fully saturated rings. The largest absolute Gasteiger partial charge is 0.287 e. The van der Waals surface area contributed by atoms with Crippen molar-refractivity contribution in [3.8, 4) is 0 Å². The highest BCUT2D eigenvalue weighted by Gasteiger charge is 2.07. The van der Waals surface area contributed by atoms with Crippen molar-refractivity contribution in [3.05, 3.63) is 0 Å². The SMILES string of the molecule is CCCCCCCCCC(Cl)CC(=O)S. The Morgan fingerprint density at radius 1 is 1.13 bits per heavy atom. The molecule has 0 amide bonds. The van der Waals surface area contributed by atoms with E-state index in [9.17, 15) is 4.79 Å². The van der Waals surface area contributed by atoms with E-state index in [2.05, 4.69) is 19.6 Å². The molecule has 0 spiro atoms. The van der Waals surface area contributed by atoms with Crippen LogP contribution >= 0.6 is 24.2 Å². The lowest BCUT2D eigenvalue weighted by molar-refractivity contribution is -0.110. The zero-order valence-corrected chi connectivity index (χ0v) is 11.3. The van der Waals surface area contributed by atoms with E-state index in [0.29, 0.717) is 6.42 Å². The molecule has 0 heterocycles. The first kappa shape index (κ1) is 15.3. The highest BCUT2D eigenvalue weighted by Crippen LogP contribution is 2.15. The number of thiol groups is 1. The number of carbonyl (C=O) groups excluding carboxylic acids is 1. The summed E-state index contributed by atoms with van der Waals surface area (Å²) in [6.07, 6.45) is 10.4. The summed E-state index contributed by atoms with van der Waals surface area (Å²) in [7, 11) is 0. The zero-order chi connectivity index (χ0) is 11.5. The molecule has 0 radical (unpaired) electrons. The van der Waals surface area contributed by atoms with Gasteiger partial charge >= 0.3 is 0 Å². The number of carbonyl (C=O) groups is 1. The van der Waals surface area contributed by atoms with Crippen LogP contribution in [0, 0.1) is 0 Å². The molecular weight excluding hydrogens is 228 g/mol. The average molecular weight is 251 g/mol. The Bertz CT molecular complexity index is 162. The highest BCUT2D eigenvalue weighted by atomic mass is 35.5. The zero-order valence-electron chi connectivity index (χ0n) is 9.67. The maximum Gasteiger partial charge on any atom is 0.187 e. The second kappa shape index (κ2) is 10.8.